The van der Waals surface area contributed by atoms with Crippen molar-refractivity contribution >= 4 is 0 Å². The number of nitrogens with zero attached hydrogens (tertiary/aromatic N) is 2. The van der Waals surface area contributed by atoms with Gasteiger partial charge in [-0.25, -0.2) is 0 Å². The van der Waals surface area contributed by atoms with E-state index >= 15 is 0 Å². The molecule has 0 saturated carbocycles. The van der Waals surface area contributed by atoms with E-state index in [1.54, 1.807) is 20.4 Å². The number of hydrogen-bond acceptors (Lipinski definition) is 5. The summed E-state index contributed by atoms with van der Waals surface area (Å²) >= 11 is 0. The molecule has 1 aromatic rings. The lowest BCUT2D eigenvalue weighted by Crippen LogP contribution is -2.49. The predicted molar refractivity (Wildman–Crippen MR) is 83.9 cm³/mol. The second-order valence-corrected chi connectivity index (χ2v) is 5.60. The Labute approximate surface area is 127 Å². The Morgan fingerprint density at radius 1 is 1.38 bits per heavy atom. The maximum atomic E-state index is 5.50. The number of aromatic nitrogens is 1. The molecule has 2 heterocycles. The highest BCUT2D eigenvalue weighted by Gasteiger charge is 2.28. The molecular formula is C16H27N3O2. The van der Waals surface area contributed by atoms with E-state index in [0.29, 0.717) is 12.1 Å². The van der Waals surface area contributed by atoms with Gasteiger partial charge in [-0.05, 0) is 33.4 Å². The Balaban J connectivity index is 2.19. The molecule has 1 N–H and O–H groups in total. The van der Waals surface area contributed by atoms with Crippen LogP contribution in [0.2, 0.25) is 0 Å². The molecule has 0 amide bonds. The second-order valence-electron chi connectivity index (χ2n) is 5.60. The lowest BCUT2D eigenvalue weighted by Gasteiger charge is -2.39. The van der Waals surface area contributed by atoms with Gasteiger partial charge in [-0.15, -0.1) is 0 Å². The summed E-state index contributed by atoms with van der Waals surface area (Å²) in [6.45, 7) is 4.16. The highest BCUT2D eigenvalue weighted by atomic mass is 16.5. The van der Waals surface area contributed by atoms with Crippen LogP contribution in [0.25, 0.3) is 0 Å². The van der Waals surface area contributed by atoms with Gasteiger partial charge in [-0.1, -0.05) is 6.42 Å². The van der Waals surface area contributed by atoms with Crippen LogP contribution in [0, 0.1) is 0 Å². The molecule has 5 nitrogen and oxygen atoms in total. The van der Waals surface area contributed by atoms with Gasteiger partial charge < -0.3 is 14.8 Å². The van der Waals surface area contributed by atoms with Gasteiger partial charge >= 0.3 is 0 Å². The van der Waals surface area contributed by atoms with E-state index in [1.807, 2.05) is 13.1 Å². The zero-order valence-corrected chi connectivity index (χ0v) is 13.6. The molecule has 0 aliphatic carbocycles. The van der Waals surface area contributed by atoms with E-state index in [0.717, 1.165) is 30.3 Å². The van der Waals surface area contributed by atoms with Gasteiger partial charge in [0.05, 0.1) is 14.2 Å². The molecule has 1 fully saturated rings. The van der Waals surface area contributed by atoms with E-state index in [4.69, 9.17) is 9.47 Å². The number of pyridine rings is 1. The van der Waals surface area contributed by atoms with Gasteiger partial charge in [0.15, 0.2) is 11.5 Å². The Bertz CT molecular complexity index is 453. The maximum Gasteiger partial charge on any atom is 0.183 e. The van der Waals surface area contributed by atoms with Crippen molar-refractivity contribution in [2.24, 2.45) is 0 Å². The first-order chi connectivity index (χ1) is 10.2. The summed E-state index contributed by atoms with van der Waals surface area (Å²) in [5, 5.41) is 3.38. The van der Waals surface area contributed by atoms with Crippen LogP contribution < -0.4 is 14.8 Å². The van der Waals surface area contributed by atoms with Gasteiger partial charge in [0, 0.05) is 30.9 Å². The highest BCUT2D eigenvalue weighted by Crippen LogP contribution is 2.31. The van der Waals surface area contributed by atoms with Gasteiger partial charge in [0.25, 0.3) is 0 Å². The summed E-state index contributed by atoms with van der Waals surface area (Å²) < 4.78 is 10.9. The van der Waals surface area contributed by atoms with Crippen LogP contribution in [0.3, 0.4) is 0 Å². The molecule has 1 saturated heterocycles. The van der Waals surface area contributed by atoms with Crippen molar-refractivity contribution in [1.29, 1.82) is 0 Å². The van der Waals surface area contributed by atoms with Crippen molar-refractivity contribution in [3.63, 3.8) is 0 Å². The molecule has 1 aliphatic heterocycles. The Hall–Kier alpha value is -1.33. The van der Waals surface area contributed by atoms with Crippen LogP contribution in [0.4, 0.5) is 0 Å². The average molecular weight is 293 g/mol. The molecule has 2 unspecified atom stereocenters. The monoisotopic (exact) mass is 293 g/mol. The molecule has 0 aromatic carbocycles. The molecule has 5 heteroatoms. The Morgan fingerprint density at radius 2 is 2.19 bits per heavy atom. The minimum absolute atomic E-state index is 0.474. The molecule has 118 valence electrons. The number of rotatable bonds is 6. The van der Waals surface area contributed by atoms with E-state index in [1.165, 1.54) is 19.3 Å². The standard InChI is InChI=1S/C16H27N3O2/c1-12(17-2)14-7-5-6-10-19(14)11-13-16(21-4)15(20-3)8-9-18-13/h8-9,12,14,17H,5-7,10-11H2,1-4H3. The van der Waals surface area contributed by atoms with E-state index in [-0.39, 0.29) is 0 Å². The van der Waals surface area contributed by atoms with Crippen LogP contribution in [-0.2, 0) is 6.54 Å². The van der Waals surface area contributed by atoms with Crippen LogP contribution in [0.15, 0.2) is 12.3 Å². The summed E-state index contributed by atoms with van der Waals surface area (Å²) in [6.07, 6.45) is 5.57. The minimum atomic E-state index is 0.474. The molecule has 0 bridgehead atoms. The van der Waals surface area contributed by atoms with Crippen molar-refractivity contribution < 1.29 is 9.47 Å². The number of piperidine rings is 1. The van der Waals surface area contributed by atoms with Gasteiger partial charge in [-0.2, -0.15) is 0 Å². The van der Waals surface area contributed by atoms with Crippen molar-refractivity contribution in [1.82, 2.24) is 15.2 Å². The summed E-state index contributed by atoms with van der Waals surface area (Å²) in [7, 11) is 5.36. The molecule has 0 radical (unpaired) electrons. The summed E-state index contributed by atoms with van der Waals surface area (Å²) in [5.41, 5.74) is 0.951. The van der Waals surface area contributed by atoms with Crippen molar-refractivity contribution in [3.8, 4) is 11.5 Å². The predicted octanol–water partition coefficient (Wildman–Crippen LogP) is 2.06. The largest absolute Gasteiger partial charge is 0.493 e. The van der Waals surface area contributed by atoms with Crippen molar-refractivity contribution in [3.05, 3.63) is 18.0 Å². The molecule has 1 aromatic heterocycles. The van der Waals surface area contributed by atoms with Crippen molar-refractivity contribution in [2.75, 3.05) is 27.8 Å². The molecule has 2 atom stereocenters. The average Bonchev–Trinajstić information content (AvgIpc) is 2.54. The smallest absolute Gasteiger partial charge is 0.183 e. The van der Waals surface area contributed by atoms with Crippen LogP contribution in [0.1, 0.15) is 31.9 Å². The van der Waals surface area contributed by atoms with Crippen LogP contribution in [-0.4, -0.2) is 49.8 Å². The molecule has 2 rings (SSSR count). The minimum Gasteiger partial charge on any atom is -0.493 e. The number of likely N-dealkylation sites (tertiary alicyclic amines) is 1. The Morgan fingerprint density at radius 3 is 2.86 bits per heavy atom. The third-order valence-electron chi connectivity index (χ3n) is 4.42. The lowest BCUT2D eigenvalue weighted by molar-refractivity contribution is 0.111. The fraction of sp³-hybridized carbons (Fsp3) is 0.688. The first kappa shape index (κ1) is 16.0. The zero-order chi connectivity index (χ0) is 15.2. The second kappa shape index (κ2) is 7.61. The number of ether oxygens (including phenoxy) is 2. The number of nitrogens with one attached hydrogen (secondary N) is 1. The van der Waals surface area contributed by atoms with Gasteiger partial charge in [0.2, 0.25) is 0 Å². The number of methoxy groups -OCH3 is 2. The number of likely N-dealkylation sites (N-methyl/N-ethyl adjacent to an activating group) is 1. The van der Waals surface area contributed by atoms with Gasteiger partial charge in [-0.3, -0.25) is 9.88 Å². The zero-order valence-electron chi connectivity index (χ0n) is 13.6. The summed E-state index contributed by atoms with van der Waals surface area (Å²) in [4.78, 5) is 7.01. The van der Waals surface area contributed by atoms with E-state index in [9.17, 15) is 0 Å². The topological polar surface area (TPSA) is 46.6 Å². The normalized spacial score (nSPS) is 21.0. The van der Waals surface area contributed by atoms with Crippen LogP contribution in [0.5, 0.6) is 11.5 Å². The third-order valence-corrected chi connectivity index (χ3v) is 4.42. The van der Waals surface area contributed by atoms with Gasteiger partial charge in [0.1, 0.15) is 5.69 Å². The maximum absolute atomic E-state index is 5.50. The molecular weight excluding hydrogens is 266 g/mol. The van der Waals surface area contributed by atoms with E-state index in [2.05, 4.69) is 22.1 Å². The molecule has 1 aliphatic rings. The Kier molecular flexibility index (Phi) is 5.82. The lowest BCUT2D eigenvalue weighted by atomic mass is 9.96. The molecule has 21 heavy (non-hydrogen) atoms. The van der Waals surface area contributed by atoms with Crippen molar-refractivity contribution in [2.45, 2.75) is 44.8 Å². The summed E-state index contributed by atoms with van der Waals surface area (Å²) in [6, 6.07) is 2.86. The number of hydrogen-bond donors (Lipinski definition) is 1. The molecule has 0 spiro atoms. The fourth-order valence-electron chi connectivity index (χ4n) is 3.13. The highest BCUT2D eigenvalue weighted by molar-refractivity contribution is 5.42. The fourth-order valence-corrected chi connectivity index (χ4v) is 3.13. The summed E-state index contributed by atoms with van der Waals surface area (Å²) in [5.74, 6) is 1.50. The van der Waals surface area contributed by atoms with Crippen LogP contribution >= 0.6 is 0 Å². The third kappa shape index (κ3) is 3.66. The first-order valence-corrected chi connectivity index (χ1v) is 7.68. The SMILES string of the molecule is CNC(C)C1CCCCN1Cc1nccc(OC)c1OC. The quantitative estimate of drug-likeness (QED) is 0.870. The first-order valence-electron chi connectivity index (χ1n) is 7.68. The van der Waals surface area contributed by atoms with E-state index < -0.39 is 0 Å².